The summed E-state index contributed by atoms with van der Waals surface area (Å²) in [6.45, 7) is 1.73. The number of anilines is 1. The number of nitrogens with two attached hydrogens (primary N) is 1. The van der Waals surface area contributed by atoms with E-state index in [1.165, 1.54) is 18.2 Å². The summed E-state index contributed by atoms with van der Waals surface area (Å²) in [4.78, 5) is 19.8. The number of benzene rings is 1. The molecule has 0 saturated carbocycles. The summed E-state index contributed by atoms with van der Waals surface area (Å²) < 4.78 is 0. The predicted molar refractivity (Wildman–Crippen MR) is 61.1 cm³/mol. The number of nitrogens with zero attached hydrogens (tertiary/aromatic N) is 3. The molecule has 1 aromatic carbocycles. The Morgan fingerprint density at radius 1 is 1.29 bits per heavy atom. The smallest absolute Gasteiger partial charge is 0.292 e. The zero-order valence-corrected chi connectivity index (χ0v) is 9.03. The van der Waals surface area contributed by atoms with Crippen LogP contribution >= 0.6 is 0 Å². The average Bonchev–Trinajstić information content (AvgIpc) is 2.63. The molecule has 0 bridgehead atoms. The fraction of sp³-hybridized carbons (Fsp3) is 0.100. The largest absolute Gasteiger partial charge is 0.393 e. The quantitative estimate of drug-likeness (QED) is 0.455. The van der Waals surface area contributed by atoms with Crippen molar-refractivity contribution in [3.05, 3.63) is 46.2 Å². The number of hydrogen-bond donors (Lipinski definition) is 1. The van der Waals surface area contributed by atoms with Gasteiger partial charge in [0, 0.05) is 12.1 Å². The molecule has 88 valence electrons. The minimum Gasteiger partial charge on any atom is -0.393 e. The maximum atomic E-state index is 10.1. The van der Waals surface area contributed by atoms with Gasteiger partial charge in [-0.2, -0.15) is 5.11 Å². The Morgan fingerprint density at radius 2 is 1.94 bits per heavy atom. The first-order chi connectivity index (χ1) is 8.00. The summed E-state index contributed by atoms with van der Waals surface area (Å²) in [5.74, 6) is -0.252. The van der Waals surface area contributed by atoms with Crippen LogP contribution in [-0.2, 0) is 4.79 Å². The highest BCUT2D eigenvalue weighted by atomic mass is 16.6. The van der Waals surface area contributed by atoms with Crippen molar-refractivity contribution in [2.24, 2.45) is 10.2 Å². The van der Waals surface area contributed by atoms with Gasteiger partial charge >= 0.3 is 0 Å². The zero-order chi connectivity index (χ0) is 12.8. The molecule has 0 spiro atoms. The maximum Gasteiger partial charge on any atom is 0.292 e. The lowest BCUT2D eigenvalue weighted by atomic mass is 10.3. The van der Waals surface area contributed by atoms with Crippen molar-refractivity contribution < 1.29 is 9.72 Å². The van der Waals surface area contributed by atoms with Crippen molar-refractivity contribution in [1.82, 2.24) is 0 Å². The van der Waals surface area contributed by atoms with Crippen LogP contribution in [0.5, 0.6) is 0 Å². The Balaban J connectivity index is 0.000000181. The fourth-order valence-corrected chi connectivity index (χ4v) is 1.02. The first-order valence-electron chi connectivity index (χ1n) is 4.63. The molecule has 1 heterocycles. The Bertz CT molecular complexity index is 508. The minimum atomic E-state index is -0.505. The van der Waals surface area contributed by atoms with Crippen LogP contribution in [0.1, 0.15) is 6.92 Å². The van der Waals surface area contributed by atoms with Gasteiger partial charge in [-0.1, -0.05) is 12.1 Å². The van der Waals surface area contributed by atoms with Crippen LogP contribution in [-0.4, -0.2) is 10.8 Å². The molecule has 0 radical (unpaired) electrons. The molecule has 0 atom stereocenters. The lowest BCUT2D eigenvalue weighted by molar-refractivity contribution is -0.383. The summed E-state index contributed by atoms with van der Waals surface area (Å²) in [6.07, 6.45) is 1.39. The number of nitro benzene ring substituents is 1. The van der Waals surface area contributed by atoms with Gasteiger partial charge in [-0.25, -0.2) is 0 Å². The molecule has 2 rings (SSSR count). The molecule has 1 aliphatic heterocycles. The van der Waals surface area contributed by atoms with E-state index in [0.29, 0.717) is 5.70 Å². The highest BCUT2D eigenvalue weighted by Gasteiger charge is 2.07. The lowest BCUT2D eigenvalue weighted by Gasteiger charge is -1.92. The number of nitrogen functional groups attached to an aromatic ring is 1. The highest BCUT2D eigenvalue weighted by molar-refractivity contribution is 5.90. The number of allylic oxidation sites excluding steroid dienone is 1. The van der Waals surface area contributed by atoms with Gasteiger partial charge in [0.25, 0.3) is 11.6 Å². The summed E-state index contributed by atoms with van der Waals surface area (Å²) in [6, 6.07) is 6.10. The van der Waals surface area contributed by atoms with Crippen LogP contribution in [0.4, 0.5) is 11.4 Å². The van der Waals surface area contributed by atoms with Gasteiger partial charge < -0.3 is 5.73 Å². The van der Waals surface area contributed by atoms with Crippen molar-refractivity contribution in [1.29, 1.82) is 0 Å². The van der Waals surface area contributed by atoms with Crippen LogP contribution in [0.15, 0.2) is 46.3 Å². The van der Waals surface area contributed by atoms with E-state index in [-0.39, 0.29) is 17.3 Å². The second-order valence-corrected chi connectivity index (χ2v) is 3.14. The highest BCUT2D eigenvalue weighted by Crippen LogP contribution is 2.18. The number of azo groups is 1. The molecule has 1 aromatic rings. The van der Waals surface area contributed by atoms with Crippen LogP contribution in [0.2, 0.25) is 0 Å². The molecule has 7 heteroatoms. The molecule has 2 N–H and O–H groups in total. The molecule has 1 aliphatic rings. The number of hydrogen-bond acceptors (Lipinski definition) is 5. The number of nitro groups is 1. The van der Waals surface area contributed by atoms with E-state index in [9.17, 15) is 14.9 Å². The van der Waals surface area contributed by atoms with Crippen LogP contribution < -0.4 is 5.73 Å². The molecule has 17 heavy (non-hydrogen) atoms. The number of carbonyl (C=O) groups excluding carboxylic acids is 1. The van der Waals surface area contributed by atoms with Crippen LogP contribution in [0, 0.1) is 10.1 Å². The Hall–Kier alpha value is -2.57. The molecule has 0 aliphatic carbocycles. The number of para-hydroxylation sites is 2. The Morgan fingerprint density at radius 3 is 2.24 bits per heavy atom. The zero-order valence-electron chi connectivity index (χ0n) is 9.03. The van der Waals surface area contributed by atoms with E-state index >= 15 is 0 Å². The van der Waals surface area contributed by atoms with Crippen molar-refractivity contribution in [2.45, 2.75) is 6.92 Å². The van der Waals surface area contributed by atoms with E-state index in [0.717, 1.165) is 0 Å². The van der Waals surface area contributed by atoms with Gasteiger partial charge in [0.05, 0.1) is 10.6 Å². The number of carbonyl (C=O) groups is 1. The molecule has 0 saturated heterocycles. The third kappa shape index (κ3) is 3.82. The second kappa shape index (κ2) is 5.50. The van der Waals surface area contributed by atoms with E-state index in [4.69, 9.17) is 5.73 Å². The Labute approximate surface area is 96.8 Å². The van der Waals surface area contributed by atoms with Crippen molar-refractivity contribution >= 4 is 17.3 Å². The van der Waals surface area contributed by atoms with Gasteiger partial charge in [-0.3, -0.25) is 14.9 Å². The second-order valence-electron chi connectivity index (χ2n) is 3.14. The van der Waals surface area contributed by atoms with Crippen LogP contribution in [0.25, 0.3) is 0 Å². The number of amides is 1. The van der Waals surface area contributed by atoms with Gasteiger partial charge in [-0.15, -0.1) is 5.11 Å². The third-order valence-corrected chi connectivity index (χ3v) is 1.77. The Kier molecular flexibility index (Phi) is 4.04. The molecule has 0 aromatic heterocycles. The van der Waals surface area contributed by atoms with E-state index in [2.05, 4.69) is 10.2 Å². The van der Waals surface area contributed by atoms with Gasteiger partial charge in [-0.05, 0) is 13.0 Å². The third-order valence-electron chi connectivity index (χ3n) is 1.77. The monoisotopic (exact) mass is 234 g/mol. The molecule has 0 unspecified atom stereocenters. The van der Waals surface area contributed by atoms with E-state index in [1.807, 2.05) is 0 Å². The van der Waals surface area contributed by atoms with Crippen molar-refractivity contribution in [3.8, 4) is 0 Å². The van der Waals surface area contributed by atoms with Gasteiger partial charge in [0.2, 0.25) is 0 Å². The molecule has 0 fully saturated rings. The van der Waals surface area contributed by atoms with E-state index < -0.39 is 4.92 Å². The summed E-state index contributed by atoms with van der Waals surface area (Å²) in [7, 11) is 0. The lowest BCUT2D eigenvalue weighted by Crippen LogP contribution is -1.93. The first kappa shape index (κ1) is 12.5. The standard InChI is InChI=1S/C6H6N2O2.C4H4N2O/c7-5-3-1-2-4-6(5)8(9)10;1-3-2-4(7)6-5-3/h1-4H,7H2;2H,1H3. The molecule has 7 nitrogen and oxygen atoms in total. The summed E-state index contributed by atoms with van der Waals surface area (Å²) >= 11 is 0. The molecular weight excluding hydrogens is 224 g/mol. The maximum absolute atomic E-state index is 10.1. The minimum absolute atomic E-state index is 0.0394. The van der Waals surface area contributed by atoms with Crippen molar-refractivity contribution in [2.75, 3.05) is 5.73 Å². The predicted octanol–water partition coefficient (Wildman–Crippen LogP) is 2.06. The molecular formula is C10H10N4O3. The average molecular weight is 234 g/mol. The topological polar surface area (TPSA) is 111 Å². The molecule has 1 amide bonds. The summed E-state index contributed by atoms with van der Waals surface area (Å²) in [5.41, 5.74) is 6.13. The summed E-state index contributed by atoms with van der Waals surface area (Å²) in [5, 5.41) is 16.8. The van der Waals surface area contributed by atoms with Crippen LogP contribution in [0.3, 0.4) is 0 Å². The van der Waals surface area contributed by atoms with E-state index in [1.54, 1.807) is 19.1 Å². The normalized spacial score (nSPS) is 12.8. The van der Waals surface area contributed by atoms with Gasteiger partial charge in [0.15, 0.2) is 0 Å². The number of rotatable bonds is 1. The van der Waals surface area contributed by atoms with Gasteiger partial charge in [0.1, 0.15) is 5.69 Å². The fourth-order valence-electron chi connectivity index (χ4n) is 1.02. The SMILES string of the molecule is CC1=CC(=O)N=N1.Nc1ccccc1[N+](=O)[O-]. The van der Waals surface area contributed by atoms with Crippen molar-refractivity contribution in [3.63, 3.8) is 0 Å². The first-order valence-corrected chi connectivity index (χ1v) is 4.63.